The first-order valence-corrected chi connectivity index (χ1v) is 15.4. The number of Topliss-reactive ketones (excluding diaryl/α,β-unsaturated/α-hetero) is 1. The molecule has 6 rings (SSSR count). The molecule has 0 radical (unpaired) electrons. The molecule has 4 fully saturated rings. The summed E-state index contributed by atoms with van der Waals surface area (Å²) in [7, 11) is -3.39. The van der Waals surface area contributed by atoms with Gasteiger partial charge in [-0.2, -0.15) is 0 Å². The molecule has 0 saturated heterocycles. The van der Waals surface area contributed by atoms with E-state index in [1.54, 1.807) is 18.2 Å². The Morgan fingerprint density at radius 3 is 2.27 bits per heavy atom. The Balaban J connectivity index is 1.22. The van der Waals surface area contributed by atoms with Crippen LogP contribution in [0.1, 0.15) is 74.7 Å². The summed E-state index contributed by atoms with van der Waals surface area (Å²) in [4.78, 5) is 39.3. The van der Waals surface area contributed by atoms with Crippen molar-refractivity contribution in [3.05, 3.63) is 29.3 Å². The van der Waals surface area contributed by atoms with Crippen molar-refractivity contribution in [2.45, 2.75) is 71.3 Å². The lowest BCUT2D eigenvalue weighted by molar-refractivity contribution is -0.154. The van der Waals surface area contributed by atoms with Gasteiger partial charge >= 0.3 is 5.97 Å². The van der Waals surface area contributed by atoms with Crippen LogP contribution in [0.15, 0.2) is 18.2 Å². The van der Waals surface area contributed by atoms with E-state index >= 15 is 0 Å². The molecule has 4 bridgehead atoms. The van der Waals surface area contributed by atoms with Crippen LogP contribution in [0.5, 0.6) is 0 Å². The number of hydrogen-bond acceptors (Lipinski definition) is 6. The molecule has 1 atom stereocenters. The number of hydrogen-bond donors (Lipinski definition) is 1. The highest BCUT2D eigenvalue weighted by atomic mass is 32.2. The summed E-state index contributed by atoms with van der Waals surface area (Å²) in [6.07, 6.45) is 8.97. The first-order valence-electron chi connectivity index (χ1n) is 13.6. The second-order valence-corrected chi connectivity index (χ2v) is 14.1. The lowest BCUT2D eigenvalue weighted by Crippen LogP contribution is -2.57. The molecule has 5 aliphatic rings. The van der Waals surface area contributed by atoms with Crippen molar-refractivity contribution in [1.82, 2.24) is 5.32 Å². The summed E-state index contributed by atoms with van der Waals surface area (Å²) < 4.78 is 31.0. The Morgan fingerprint density at radius 2 is 1.70 bits per heavy atom. The second kappa shape index (κ2) is 9.71. The van der Waals surface area contributed by atoms with E-state index in [0.29, 0.717) is 48.4 Å². The average molecular weight is 531 g/mol. The molecular formula is C28H38N2O6S. The van der Waals surface area contributed by atoms with E-state index in [0.717, 1.165) is 24.8 Å². The van der Waals surface area contributed by atoms with Crippen LogP contribution in [0.2, 0.25) is 0 Å². The maximum absolute atomic E-state index is 13.5. The van der Waals surface area contributed by atoms with Crippen LogP contribution >= 0.6 is 0 Å². The van der Waals surface area contributed by atoms with Gasteiger partial charge in [-0.05, 0) is 98.8 Å². The van der Waals surface area contributed by atoms with Gasteiger partial charge in [-0.15, -0.1) is 0 Å². The van der Waals surface area contributed by atoms with Crippen molar-refractivity contribution in [3.8, 4) is 0 Å². The van der Waals surface area contributed by atoms with Crippen LogP contribution in [0.4, 0.5) is 5.69 Å². The molecular weight excluding hydrogens is 492 g/mol. The summed E-state index contributed by atoms with van der Waals surface area (Å²) in [5.41, 5.74) is 1.40. The molecule has 1 N–H and O–H groups in total. The average Bonchev–Trinajstić information content (AvgIpc) is 2.83. The summed E-state index contributed by atoms with van der Waals surface area (Å²) in [5.74, 6) is 0.718. The van der Waals surface area contributed by atoms with E-state index in [1.165, 1.54) is 29.8 Å². The Hall–Kier alpha value is -2.42. The number of sulfonamides is 1. The number of benzene rings is 1. The molecule has 4 saturated carbocycles. The molecule has 4 aliphatic carbocycles. The minimum Gasteiger partial charge on any atom is -0.456 e. The van der Waals surface area contributed by atoms with Gasteiger partial charge in [-0.3, -0.25) is 13.9 Å². The predicted molar refractivity (Wildman–Crippen MR) is 140 cm³/mol. The summed E-state index contributed by atoms with van der Waals surface area (Å²) in [5, 5.41) is 3.01. The third kappa shape index (κ3) is 5.16. The fourth-order valence-electron chi connectivity index (χ4n) is 7.57. The monoisotopic (exact) mass is 530 g/mol. The zero-order valence-electron chi connectivity index (χ0n) is 22.0. The molecule has 37 heavy (non-hydrogen) atoms. The van der Waals surface area contributed by atoms with Crippen molar-refractivity contribution in [2.75, 3.05) is 23.7 Å². The van der Waals surface area contributed by atoms with Gasteiger partial charge in [-0.25, -0.2) is 13.2 Å². The minimum atomic E-state index is -3.39. The number of carbonyl (C=O) groups is 3. The zero-order valence-corrected chi connectivity index (χ0v) is 22.8. The van der Waals surface area contributed by atoms with E-state index < -0.39 is 28.6 Å². The molecule has 9 heteroatoms. The van der Waals surface area contributed by atoms with Crippen LogP contribution in [0, 0.1) is 29.1 Å². The number of ketones is 1. The van der Waals surface area contributed by atoms with Crippen molar-refractivity contribution in [1.29, 1.82) is 0 Å². The number of nitrogens with one attached hydrogen (secondary N) is 1. The topological polar surface area (TPSA) is 110 Å². The Labute approximate surface area is 219 Å². The number of ether oxygens (including phenoxy) is 1. The van der Waals surface area contributed by atoms with Gasteiger partial charge in [-0.1, -0.05) is 13.8 Å². The molecule has 1 heterocycles. The first-order chi connectivity index (χ1) is 17.4. The van der Waals surface area contributed by atoms with Crippen LogP contribution in [0.3, 0.4) is 0 Å². The predicted octanol–water partition coefficient (Wildman–Crippen LogP) is 3.48. The van der Waals surface area contributed by atoms with Crippen molar-refractivity contribution < 1.29 is 27.5 Å². The molecule has 1 aliphatic heterocycles. The number of amides is 1. The highest BCUT2D eigenvalue weighted by molar-refractivity contribution is 7.92. The molecule has 0 unspecified atom stereocenters. The van der Waals surface area contributed by atoms with E-state index in [4.69, 9.17) is 4.74 Å². The number of carbonyl (C=O) groups excluding carboxylic acids is 3. The van der Waals surface area contributed by atoms with Crippen LogP contribution in [-0.4, -0.2) is 51.5 Å². The SMILES string of the molecule is CC(C)[C@@H](NC(=O)C12CC3CC(CC(C3)C1)C2)C(=O)OCC(=O)c1ccc2c(c1)CCCN2S(C)(=O)=O. The molecule has 0 spiro atoms. The fourth-order valence-corrected chi connectivity index (χ4v) is 8.57. The van der Waals surface area contributed by atoms with Crippen molar-refractivity contribution in [2.24, 2.45) is 29.1 Å². The Bertz CT molecular complexity index is 1170. The third-order valence-corrected chi connectivity index (χ3v) is 10.1. The normalized spacial score (nSPS) is 29.1. The van der Waals surface area contributed by atoms with Gasteiger partial charge in [0.05, 0.1) is 11.9 Å². The Morgan fingerprint density at radius 1 is 1.08 bits per heavy atom. The van der Waals surface area contributed by atoms with E-state index in [2.05, 4.69) is 5.32 Å². The first kappa shape index (κ1) is 26.2. The number of esters is 1. The van der Waals surface area contributed by atoms with Gasteiger partial charge in [0.1, 0.15) is 6.04 Å². The number of anilines is 1. The van der Waals surface area contributed by atoms with Gasteiger partial charge < -0.3 is 10.1 Å². The van der Waals surface area contributed by atoms with Crippen molar-refractivity contribution in [3.63, 3.8) is 0 Å². The highest BCUT2D eigenvalue weighted by Gasteiger charge is 2.55. The smallest absolute Gasteiger partial charge is 0.329 e. The van der Waals surface area contributed by atoms with Gasteiger partial charge in [0.15, 0.2) is 12.4 Å². The molecule has 1 aromatic carbocycles. The Kier molecular flexibility index (Phi) is 6.88. The number of fused-ring (bicyclic) bond motifs is 1. The molecule has 0 aromatic heterocycles. The van der Waals surface area contributed by atoms with E-state index in [-0.39, 0.29) is 23.0 Å². The van der Waals surface area contributed by atoms with Crippen LogP contribution in [-0.2, 0) is 30.8 Å². The zero-order chi connectivity index (χ0) is 26.5. The van der Waals surface area contributed by atoms with E-state index in [9.17, 15) is 22.8 Å². The largest absolute Gasteiger partial charge is 0.456 e. The van der Waals surface area contributed by atoms with Crippen LogP contribution < -0.4 is 9.62 Å². The summed E-state index contributed by atoms with van der Waals surface area (Å²) in [6.45, 7) is 3.72. The molecule has 8 nitrogen and oxygen atoms in total. The minimum absolute atomic E-state index is 0.0290. The quantitative estimate of drug-likeness (QED) is 0.407. The number of rotatable bonds is 8. The summed E-state index contributed by atoms with van der Waals surface area (Å²) >= 11 is 0. The van der Waals surface area contributed by atoms with Gasteiger partial charge in [0, 0.05) is 17.5 Å². The number of nitrogens with zero attached hydrogens (tertiary/aromatic N) is 1. The third-order valence-electron chi connectivity index (χ3n) is 8.95. The lowest BCUT2D eigenvalue weighted by atomic mass is 9.49. The van der Waals surface area contributed by atoms with E-state index in [1.807, 2.05) is 13.8 Å². The maximum Gasteiger partial charge on any atom is 0.329 e. The summed E-state index contributed by atoms with van der Waals surface area (Å²) in [6, 6.07) is 4.11. The lowest BCUT2D eigenvalue weighted by Gasteiger charge is -2.55. The molecule has 202 valence electrons. The standard InChI is InChI=1S/C28H38N2O6S/c1-17(2)25(29-27(33)28-13-18-9-19(14-28)11-20(10-18)15-28)26(32)36-16-24(31)22-6-7-23-21(12-22)5-4-8-30(23)37(3,34)35/h6-7,12,17-20,25H,4-5,8-11,13-16H2,1-3H3,(H,29,33)/t18?,19?,20?,25-,28?/m1/s1. The fraction of sp³-hybridized carbons (Fsp3) is 0.679. The van der Waals surface area contributed by atoms with Crippen LogP contribution in [0.25, 0.3) is 0 Å². The number of aryl methyl sites for hydroxylation is 1. The molecule has 1 aromatic rings. The van der Waals surface area contributed by atoms with Gasteiger partial charge in [0.25, 0.3) is 0 Å². The highest BCUT2D eigenvalue weighted by Crippen LogP contribution is 2.60. The molecule has 1 amide bonds. The van der Waals surface area contributed by atoms with Crippen molar-refractivity contribution >= 4 is 33.4 Å². The second-order valence-electron chi connectivity index (χ2n) is 12.2. The maximum atomic E-state index is 13.5. The van der Waals surface area contributed by atoms with Gasteiger partial charge in [0.2, 0.25) is 15.9 Å².